The molecule has 0 bridgehead atoms. The van der Waals surface area contributed by atoms with Crippen molar-refractivity contribution in [1.29, 1.82) is 0 Å². The van der Waals surface area contributed by atoms with Crippen LogP contribution in [0.25, 0.3) is 22.3 Å². The molecule has 0 atom stereocenters. The number of aryl methyl sites for hydroxylation is 1. The van der Waals surface area contributed by atoms with Gasteiger partial charge in [0.05, 0.1) is 30.0 Å². The number of ether oxygens (including phenoxy) is 1. The first kappa shape index (κ1) is 28.3. The molecule has 0 spiro atoms. The van der Waals surface area contributed by atoms with E-state index in [-0.39, 0.29) is 6.03 Å². The Morgan fingerprint density at radius 3 is 2.49 bits per heavy atom. The number of carbonyl (C=O) groups excluding carboxylic acids is 1. The third-order valence-corrected chi connectivity index (χ3v) is 7.60. The summed E-state index contributed by atoms with van der Waals surface area (Å²) in [7, 11) is 0. The number of anilines is 3. The average molecular weight is 577 g/mol. The molecule has 6 rings (SSSR count). The van der Waals surface area contributed by atoms with Crippen molar-refractivity contribution < 1.29 is 9.53 Å². The minimum absolute atomic E-state index is 0.284. The van der Waals surface area contributed by atoms with Crippen LogP contribution in [0.2, 0.25) is 0 Å². The van der Waals surface area contributed by atoms with Gasteiger partial charge in [-0.1, -0.05) is 67.6 Å². The molecular formula is C33H36N8O2. The number of morpholine rings is 1. The predicted molar refractivity (Wildman–Crippen MR) is 171 cm³/mol. The lowest BCUT2D eigenvalue weighted by molar-refractivity contribution is 0.0398. The highest BCUT2D eigenvalue weighted by Gasteiger charge is 2.18. The molecule has 2 amide bonds. The van der Waals surface area contributed by atoms with Crippen molar-refractivity contribution in [2.75, 3.05) is 55.3 Å². The maximum Gasteiger partial charge on any atom is 0.323 e. The Morgan fingerprint density at radius 1 is 0.930 bits per heavy atom. The number of nitrogens with zero attached hydrogens (tertiary/aromatic N) is 4. The van der Waals surface area contributed by atoms with Gasteiger partial charge in [-0.05, 0) is 35.7 Å². The molecule has 1 aliphatic heterocycles. The number of fused-ring (bicyclic) bond motifs is 1. The number of aromatic amines is 1. The molecule has 0 radical (unpaired) electrons. The number of hydrogen-bond donors (Lipinski definition) is 4. The normalized spacial score (nSPS) is 13.6. The Balaban J connectivity index is 1.21. The van der Waals surface area contributed by atoms with Gasteiger partial charge in [0.15, 0.2) is 5.65 Å². The Hall–Kier alpha value is -4.80. The van der Waals surface area contributed by atoms with Gasteiger partial charge in [0.1, 0.15) is 0 Å². The van der Waals surface area contributed by atoms with Crippen molar-refractivity contribution >= 4 is 34.4 Å². The molecule has 10 nitrogen and oxygen atoms in total. The van der Waals surface area contributed by atoms with E-state index in [2.05, 4.69) is 50.1 Å². The monoisotopic (exact) mass is 576 g/mol. The molecule has 1 saturated heterocycles. The van der Waals surface area contributed by atoms with E-state index in [1.807, 2.05) is 66.7 Å². The SMILES string of the molecule is CCc1ccccc1NC(=O)Nc1ccc(-c2[nH]nc3nc(NCCN4CCOCC4)nc(Cc4ccccc4)c23)cc1. The third kappa shape index (κ3) is 6.99. The van der Waals surface area contributed by atoms with Gasteiger partial charge in [-0.2, -0.15) is 10.1 Å². The number of carbonyl (C=O) groups is 1. The summed E-state index contributed by atoms with van der Waals surface area (Å²) in [6, 6.07) is 25.5. The van der Waals surface area contributed by atoms with Crippen LogP contribution in [-0.2, 0) is 17.6 Å². The first-order chi connectivity index (χ1) is 21.2. The van der Waals surface area contributed by atoms with E-state index in [0.29, 0.717) is 23.7 Å². The fraction of sp³-hybridized carbons (Fsp3) is 0.273. The predicted octanol–water partition coefficient (Wildman–Crippen LogP) is 5.56. The lowest BCUT2D eigenvalue weighted by Gasteiger charge is -2.26. The number of amides is 2. The maximum absolute atomic E-state index is 12.7. The number of benzene rings is 3. The van der Waals surface area contributed by atoms with Crippen molar-refractivity contribution in [3.8, 4) is 11.3 Å². The summed E-state index contributed by atoms with van der Waals surface area (Å²) in [5.74, 6) is 0.569. The first-order valence-electron chi connectivity index (χ1n) is 14.8. The van der Waals surface area contributed by atoms with Gasteiger partial charge in [0, 0.05) is 49.5 Å². The molecule has 3 aromatic carbocycles. The van der Waals surface area contributed by atoms with Gasteiger partial charge in [0.25, 0.3) is 0 Å². The second-order valence-electron chi connectivity index (χ2n) is 10.5. The molecule has 3 heterocycles. The van der Waals surface area contributed by atoms with E-state index < -0.39 is 0 Å². The standard InChI is InChI=1S/C33H36N8O2/c1-2-24-10-6-7-11-27(24)37-33(42)35-26-14-12-25(13-15-26)30-29-28(22-23-8-4-3-5-9-23)36-32(38-31(29)40-39-30)34-16-17-41-18-20-43-21-19-41/h3-15H,2,16-22H2,1H3,(H2,35,37,42)(H2,34,36,38,39,40). The van der Waals surface area contributed by atoms with E-state index in [1.165, 1.54) is 0 Å². The minimum atomic E-state index is -0.284. The van der Waals surface area contributed by atoms with Crippen molar-refractivity contribution in [3.05, 3.63) is 95.7 Å². The van der Waals surface area contributed by atoms with Crippen LogP contribution in [0.3, 0.4) is 0 Å². The zero-order valence-electron chi connectivity index (χ0n) is 24.3. The Labute approximate surface area is 250 Å². The molecule has 5 aromatic rings. The van der Waals surface area contributed by atoms with Gasteiger partial charge in [-0.25, -0.2) is 9.78 Å². The van der Waals surface area contributed by atoms with E-state index >= 15 is 0 Å². The van der Waals surface area contributed by atoms with Crippen LogP contribution in [0.4, 0.5) is 22.1 Å². The smallest absolute Gasteiger partial charge is 0.323 e. The average Bonchev–Trinajstić information content (AvgIpc) is 3.47. The quantitative estimate of drug-likeness (QED) is 0.172. The fourth-order valence-corrected chi connectivity index (χ4v) is 5.31. The van der Waals surface area contributed by atoms with Crippen molar-refractivity contribution in [2.24, 2.45) is 0 Å². The van der Waals surface area contributed by atoms with Crippen LogP contribution < -0.4 is 16.0 Å². The number of hydrogen-bond acceptors (Lipinski definition) is 7. The van der Waals surface area contributed by atoms with E-state index in [0.717, 1.165) is 85.0 Å². The summed E-state index contributed by atoms with van der Waals surface area (Å²) in [5, 5.41) is 17.9. The van der Waals surface area contributed by atoms with E-state index in [9.17, 15) is 4.79 Å². The summed E-state index contributed by atoms with van der Waals surface area (Å²) in [6.45, 7) is 7.13. The number of nitrogens with one attached hydrogen (secondary N) is 4. The molecule has 2 aromatic heterocycles. The van der Waals surface area contributed by atoms with Gasteiger partial charge < -0.3 is 20.7 Å². The van der Waals surface area contributed by atoms with Crippen LogP contribution in [0.15, 0.2) is 78.9 Å². The molecular weight excluding hydrogens is 540 g/mol. The zero-order valence-corrected chi connectivity index (χ0v) is 24.3. The first-order valence-corrected chi connectivity index (χ1v) is 14.8. The summed E-state index contributed by atoms with van der Waals surface area (Å²) >= 11 is 0. The van der Waals surface area contributed by atoms with Crippen molar-refractivity contribution in [2.45, 2.75) is 19.8 Å². The maximum atomic E-state index is 12.7. The second kappa shape index (κ2) is 13.5. The number of H-pyrrole nitrogens is 1. The molecule has 43 heavy (non-hydrogen) atoms. The third-order valence-electron chi connectivity index (χ3n) is 7.60. The Morgan fingerprint density at radius 2 is 1.70 bits per heavy atom. The summed E-state index contributed by atoms with van der Waals surface area (Å²) < 4.78 is 5.46. The summed E-state index contributed by atoms with van der Waals surface area (Å²) in [5.41, 5.74) is 7.01. The molecule has 4 N–H and O–H groups in total. The highest BCUT2D eigenvalue weighted by Crippen LogP contribution is 2.30. The molecule has 0 saturated carbocycles. The number of urea groups is 1. The molecule has 1 aliphatic rings. The largest absolute Gasteiger partial charge is 0.379 e. The number of para-hydroxylation sites is 1. The van der Waals surface area contributed by atoms with E-state index in [1.54, 1.807) is 0 Å². The lowest BCUT2D eigenvalue weighted by Crippen LogP contribution is -2.39. The van der Waals surface area contributed by atoms with Gasteiger partial charge in [-0.3, -0.25) is 10.00 Å². The minimum Gasteiger partial charge on any atom is -0.379 e. The molecule has 0 aliphatic carbocycles. The fourth-order valence-electron chi connectivity index (χ4n) is 5.31. The van der Waals surface area contributed by atoms with Crippen LogP contribution in [0, 0.1) is 0 Å². The van der Waals surface area contributed by atoms with Gasteiger partial charge >= 0.3 is 6.03 Å². The number of rotatable bonds is 10. The summed E-state index contributed by atoms with van der Waals surface area (Å²) in [6.07, 6.45) is 1.48. The van der Waals surface area contributed by atoms with Crippen LogP contribution in [-0.4, -0.2) is 70.5 Å². The molecule has 10 heteroatoms. The summed E-state index contributed by atoms with van der Waals surface area (Å²) in [4.78, 5) is 24.8. The molecule has 1 fully saturated rings. The molecule has 220 valence electrons. The van der Waals surface area contributed by atoms with Gasteiger partial charge in [-0.15, -0.1) is 0 Å². The number of aromatic nitrogens is 4. The molecule has 0 unspecified atom stereocenters. The van der Waals surface area contributed by atoms with Crippen LogP contribution >= 0.6 is 0 Å². The van der Waals surface area contributed by atoms with Gasteiger partial charge in [0.2, 0.25) is 5.95 Å². The highest BCUT2D eigenvalue weighted by atomic mass is 16.5. The van der Waals surface area contributed by atoms with Crippen molar-refractivity contribution in [3.63, 3.8) is 0 Å². The van der Waals surface area contributed by atoms with Crippen molar-refractivity contribution in [1.82, 2.24) is 25.1 Å². The zero-order chi connectivity index (χ0) is 29.4. The van der Waals surface area contributed by atoms with E-state index in [4.69, 9.17) is 14.7 Å². The van der Waals surface area contributed by atoms with Crippen LogP contribution in [0.5, 0.6) is 0 Å². The second-order valence-corrected chi connectivity index (χ2v) is 10.5. The highest BCUT2D eigenvalue weighted by molar-refractivity contribution is 6.00. The van der Waals surface area contributed by atoms with Crippen LogP contribution in [0.1, 0.15) is 23.7 Å². The Bertz CT molecular complexity index is 1660. The lowest BCUT2D eigenvalue weighted by atomic mass is 10.0. The topological polar surface area (TPSA) is 120 Å². The Kier molecular flexibility index (Phi) is 8.86.